The first-order valence-corrected chi connectivity index (χ1v) is 4.88. The minimum atomic E-state index is -1.25. The summed E-state index contributed by atoms with van der Waals surface area (Å²) in [5.74, 6) is -2.02. The van der Waals surface area contributed by atoms with Gasteiger partial charge in [-0.1, -0.05) is 0 Å². The minimum absolute atomic E-state index is 0.130. The average molecular weight is 240 g/mol. The maximum Gasteiger partial charge on any atom is 0.392 e. The Morgan fingerprint density at radius 2 is 2.19 bits per heavy atom. The van der Waals surface area contributed by atoms with Gasteiger partial charge in [-0.15, -0.1) is 11.6 Å². The van der Waals surface area contributed by atoms with E-state index in [0.717, 1.165) is 0 Å². The SMILES string of the molecule is O=C(CCl)c1ccc2oc(C(=O)O)nc2c1. The van der Waals surface area contributed by atoms with Gasteiger partial charge in [0, 0.05) is 5.56 Å². The lowest BCUT2D eigenvalue weighted by molar-refractivity contribution is 0.0656. The molecule has 0 saturated heterocycles. The quantitative estimate of drug-likeness (QED) is 0.654. The van der Waals surface area contributed by atoms with Gasteiger partial charge in [0.25, 0.3) is 0 Å². The molecule has 1 aromatic heterocycles. The van der Waals surface area contributed by atoms with Gasteiger partial charge in [-0.05, 0) is 18.2 Å². The van der Waals surface area contributed by atoms with Crippen LogP contribution in [-0.2, 0) is 0 Å². The molecule has 0 unspecified atom stereocenters. The lowest BCUT2D eigenvalue weighted by Crippen LogP contribution is -1.99. The highest BCUT2D eigenvalue weighted by Gasteiger charge is 2.14. The Morgan fingerprint density at radius 3 is 2.81 bits per heavy atom. The smallest absolute Gasteiger partial charge is 0.392 e. The predicted octanol–water partition coefficient (Wildman–Crippen LogP) is 1.95. The van der Waals surface area contributed by atoms with E-state index in [1.807, 2.05) is 0 Å². The van der Waals surface area contributed by atoms with Crippen molar-refractivity contribution in [3.8, 4) is 0 Å². The highest BCUT2D eigenvalue weighted by atomic mass is 35.5. The number of Topliss-reactive ketones (excluding diaryl/α,β-unsaturated/α-hetero) is 1. The first kappa shape index (κ1) is 10.6. The molecule has 0 aliphatic rings. The van der Waals surface area contributed by atoms with Crippen molar-refractivity contribution in [3.05, 3.63) is 29.7 Å². The van der Waals surface area contributed by atoms with Crippen LogP contribution >= 0.6 is 11.6 Å². The molecular weight excluding hydrogens is 234 g/mol. The van der Waals surface area contributed by atoms with Crippen LogP contribution in [0.1, 0.15) is 21.0 Å². The molecule has 1 aromatic carbocycles. The normalized spacial score (nSPS) is 10.6. The molecule has 0 spiro atoms. The molecule has 0 atom stereocenters. The second-order valence-corrected chi connectivity index (χ2v) is 3.33. The molecule has 5 nitrogen and oxygen atoms in total. The van der Waals surface area contributed by atoms with Gasteiger partial charge in [0.1, 0.15) is 5.52 Å². The number of nitrogens with zero attached hydrogens (tertiary/aromatic N) is 1. The first-order valence-electron chi connectivity index (χ1n) is 4.35. The number of halogens is 1. The molecule has 0 aliphatic carbocycles. The molecule has 0 aliphatic heterocycles. The standard InChI is InChI=1S/C10H6ClNO4/c11-4-7(13)5-1-2-8-6(3-5)12-9(16-8)10(14)15/h1-3H,4H2,(H,14,15). The first-order chi connectivity index (χ1) is 7.61. The van der Waals surface area contributed by atoms with Gasteiger partial charge < -0.3 is 9.52 Å². The summed E-state index contributed by atoms with van der Waals surface area (Å²) >= 11 is 5.41. The molecule has 0 bridgehead atoms. The van der Waals surface area contributed by atoms with Crippen molar-refractivity contribution < 1.29 is 19.1 Å². The molecule has 0 radical (unpaired) electrons. The molecule has 82 valence electrons. The minimum Gasteiger partial charge on any atom is -0.474 e. The van der Waals surface area contributed by atoms with Crippen LogP contribution in [0.3, 0.4) is 0 Å². The summed E-state index contributed by atoms with van der Waals surface area (Å²) in [6.07, 6.45) is 0. The van der Waals surface area contributed by atoms with Crippen molar-refractivity contribution in [1.29, 1.82) is 0 Å². The third kappa shape index (κ3) is 1.77. The van der Waals surface area contributed by atoms with Gasteiger partial charge in [0.2, 0.25) is 0 Å². The molecule has 0 saturated carbocycles. The van der Waals surface area contributed by atoms with E-state index < -0.39 is 11.9 Å². The van der Waals surface area contributed by atoms with Crippen LogP contribution < -0.4 is 0 Å². The number of ketones is 1. The van der Waals surface area contributed by atoms with Crippen LogP contribution in [0.2, 0.25) is 0 Å². The van der Waals surface area contributed by atoms with E-state index in [1.165, 1.54) is 18.2 Å². The van der Waals surface area contributed by atoms with Crippen LogP contribution in [-0.4, -0.2) is 27.7 Å². The monoisotopic (exact) mass is 239 g/mol. The van der Waals surface area contributed by atoms with E-state index in [2.05, 4.69) is 4.98 Å². The lowest BCUT2D eigenvalue weighted by Gasteiger charge is -1.94. The fraction of sp³-hybridized carbons (Fsp3) is 0.100. The van der Waals surface area contributed by atoms with Crippen molar-refractivity contribution in [2.45, 2.75) is 0 Å². The highest BCUT2D eigenvalue weighted by molar-refractivity contribution is 6.30. The average Bonchev–Trinajstić information content (AvgIpc) is 2.70. The molecular formula is C10H6ClNO4. The summed E-state index contributed by atoms with van der Waals surface area (Å²) < 4.78 is 4.94. The summed E-state index contributed by atoms with van der Waals surface area (Å²) in [4.78, 5) is 25.6. The number of carboxylic acid groups (broad SMARTS) is 1. The van der Waals surface area contributed by atoms with Gasteiger partial charge in [0.15, 0.2) is 11.4 Å². The van der Waals surface area contributed by atoms with Crippen molar-refractivity contribution in [2.24, 2.45) is 0 Å². The van der Waals surface area contributed by atoms with Crippen molar-refractivity contribution >= 4 is 34.5 Å². The number of oxazole rings is 1. The molecule has 0 amide bonds. The van der Waals surface area contributed by atoms with Crippen LogP contribution in [0, 0.1) is 0 Å². The van der Waals surface area contributed by atoms with Crippen LogP contribution in [0.4, 0.5) is 0 Å². The number of carbonyl (C=O) groups excluding carboxylic acids is 1. The number of carbonyl (C=O) groups is 2. The van der Waals surface area contributed by atoms with Crippen molar-refractivity contribution in [2.75, 3.05) is 5.88 Å². The Morgan fingerprint density at radius 1 is 1.44 bits per heavy atom. The zero-order chi connectivity index (χ0) is 11.7. The summed E-state index contributed by atoms with van der Waals surface area (Å²) in [6.45, 7) is 0. The van der Waals surface area contributed by atoms with E-state index in [1.54, 1.807) is 0 Å². The fourth-order valence-corrected chi connectivity index (χ4v) is 1.42. The number of fused-ring (bicyclic) bond motifs is 1. The molecule has 0 fully saturated rings. The predicted molar refractivity (Wildman–Crippen MR) is 56.0 cm³/mol. The number of carboxylic acids is 1. The highest BCUT2D eigenvalue weighted by Crippen LogP contribution is 2.17. The number of benzene rings is 1. The van der Waals surface area contributed by atoms with Crippen LogP contribution in [0.15, 0.2) is 22.6 Å². The van der Waals surface area contributed by atoms with E-state index in [4.69, 9.17) is 21.1 Å². The number of alkyl halides is 1. The number of hydrogen-bond acceptors (Lipinski definition) is 4. The Bertz CT molecular complexity index is 575. The summed E-state index contributed by atoms with van der Waals surface area (Å²) in [5, 5.41) is 8.67. The van der Waals surface area contributed by atoms with E-state index in [0.29, 0.717) is 16.7 Å². The van der Waals surface area contributed by atoms with Gasteiger partial charge in [0.05, 0.1) is 5.88 Å². The molecule has 6 heteroatoms. The van der Waals surface area contributed by atoms with Gasteiger partial charge in [-0.2, -0.15) is 0 Å². The zero-order valence-electron chi connectivity index (χ0n) is 7.94. The van der Waals surface area contributed by atoms with Crippen molar-refractivity contribution in [1.82, 2.24) is 4.98 Å². The van der Waals surface area contributed by atoms with Gasteiger partial charge >= 0.3 is 11.9 Å². The van der Waals surface area contributed by atoms with Gasteiger partial charge in [-0.25, -0.2) is 9.78 Å². The van der Waals surface area contributed by atoms with Crippen molar-refractivity contribution in [3.63, 3.8) is 0 Å². The summed E-state index contributed by atoms with van der Waals surface area (Å²) in [5.41, 5.74) is 1.03. The molecule has 1 heterocycles. The molecule has 16 heavy (non-hydrogen) atoms. The fourth-order valence-electron chi connectivity index (χ4n) is 1.27. The van der Waals surface area contributed by atoms with E-state index >= 15 is 0 Å². The maximum atomic E-state index is 11.3. The van der Waals surface area contributed by atoms with Crippen LogP contribution in [0.5, 0.6) is 0 Å². The van der Waals surface area contributed by atoms with E-state index in [-0.39, 0.29) is 11.7 Å². The number of rotatable bonds is 3. The third-order valence-electron chi connectivity index (χ3n) is 2.01. The largest absolute Gasteiger partial charge is 0.474 e. The lowest BCUT2D eigenvalue weighted by atomic mass is 10.1. The van der Waals surface area contributed by atoms with Crippen LogP contribution in [0.25, 0.3) is 11.1 Å². The second-order valence-electron chi connectivity index (χ2n) is 3.06. The number of aromatic nitrogens is 1. The second kappa shape index (κ2) is 3.94. The Hall–Kier alpha value is -1.88. The maximum absolute atomic E-state index is 11.3. The number of aromatic carboxylic acids is 1. The molecule has 2 rings (SSSR count). The number of hydrogen-bond donors (Lipinski definition) is 1. The Balaban J connectivity index is 2.53. The zero-order valence-corrected chi connectivity index (χ0v) is 8.69. The summed E-state index contributed by atoms with van der Waals surface area (Å²) in [6, 6.07) is 4.47. The topological polar surface area (TPSA) is 80.4 Å². The molecule has 2 aromatic rings. The third-order valence-corrected chi connectivity index (χ3v) is 2.26. The van der Waals surface area contributed by atoms with E-state index in [9.17, 15) is 9.59 Å². The Labute approximate surface area is 94.6 Å². The summed E-state index contributed by atoms with van der Waals surface area (Å²) in [7, 11) is 0. The van der Waals surface area contributed by atoms with Gasteiger partial charge in [-0.3, -0.25) is 4.79 Å². The Kier molecular flexibility index (Phi) is 2.62. The molecule has 1 N–H and O–H groups in total.